The largest absolute Gasteiger partial charge is 0.452 e. The molecule has 0 bridgehead atoms. The highest BCUT2D eigenvalue weighted by Crippen LogP contribution is 1.94. The molecule has 0 unspecified atom stereocenters. The van der Waals surface area contributed by atoms with Crippen LogP contribution in [0, 0.1) is 5.92 Å². The van der Waals surface area contributed by atoms with E-state index in [1.165, 1.54) is 7.11 Å². The van der Waals surface area contributed by atoms with Gasteiger partial charge in [-0.1, -0.05) is 27.7 Å². The van der Waals surface area contributed by atoms with Gasteiger partial charge in [-0.15, -0.1) is 0 Å². The molecule has 0 saturated carbocycles. The van der Waals surface area contributed by atoms with Crippen molar-refractivity contribution >= 4 is 6.09 Å². The molecule has 0 heterocycles. The summed E-state index contributed by atoms with van der Waals surface area (Å²) in [6, 6.07) is 0. The first kappa shape index (κ1) is 13.8. The maximum absolute atomic E-state index is 10.6. The highest BCUT2D eigenvalue weighted by atomic mass is 16.5. The van der Waals surface area contributed by atoms with Gasteiger partial charge in [-0.05, 0) is 5.92 Å². The molecule has 0 aliphatic rings. The van der Waals surface area contributed by atoms with Crippen LogP contribution in [-0.2, 0) is 4.74 Å². The van der Waals surface area contributed by atoms with Crippen molar-refractivity contribution in [3.05, 3.63) is 0 Å². The van der Waals surface area contributed by atoms with Gasteiger partial charge in [0.15, 0.2) is 0 Å². The maximum atomic E-state index is 10.6. The van der Waals surface area contributed by atoms with Crippen molar-refractivity contribution in [2.75, 3.05) is 13.7 Å². The maximum Gasteiger partial charge on any atom is 0.423 e. The molecule has 0 aromatic rings. The minimum atomic E-state index is -0.492. The summed E-state index contributed by atoms with van der Waals surface area (Å²) in [6.45, 7) is 8.47. The monoisotopic (exact) mass is 176 g/mol. The molecule has 0 aliphatic carbocycles. The second-order valence-electron chi connectivity index (χ2n) is 2.52. The summed E-state index contributed by atoms with van der Waals surface area (Å²) in [4.78, 5) is 10.6. The minimum absolute atomic E-state index is 0.365. The van der Waals surface area contributed by atoms with Crippen molar-refractivity contribution in [1.82, 2.24) is 5.01 Å². The SMILES string of the molecule is CC.COC(=O)N(N)CC(C)C. The summed E-state index contributed by atoms with van der Waals surface area (Å²) >= 11 is 0. The fourth-order valence-electron chi connectivity index (χ4n) is 0.585. The number of amides is 1. The van der Waals surface area contributed by atoms with Crippen molar-refractivity contribution in [2.24, 2.45) is 11.8 Å². The first-order valence-electron chi connectivity index (χ1n) is 4.18. The fourth-order valence-corrected chi connectivity index (χ4v) is 0.585. The molecule has 1 amide bonds. The van der Waals surface area contributed by atoms with Crippen molar-refractivity contribution in [2.45, 2.75) is 27.7 Å². The van der Waals surface area contributed by atoms with Crippen molar-refractivity contribution in [3.63, 3.8) is 0 Å². The lowest BCUT2D eigenvalue weighted by atomic mass is 10.2. The molecule has 0 rings (SSSR count). The Morgan fingerprint density at radius 3 is 2.17 bits per heavy atom. The zero-order valence-electron chi connectivity index (χ0n) is 8.63. The molecule has 4 nitrogen and oxygen atoms in total. The van der Waals surface area contributed by atoms with Crippen LogP contribution in [0.5, 0.6) is 0 Å². The summed E-state index contributed by atoms with van der Waals surface area (Å²) in [5, 5.41) is 1.06. The van der Waals surface area contributed by atoms with Gasteiger partial charge in [0.25, 0.3) is 0 Å². The first-order chi connectivity index (χ1) is 5.57. The number of nitrogens with zero attached hydrogens (tertiary/aromatic N) is 1. The Hall–Kier alpha value is -0.770. The van der Waals surface area contributed by atoms with Gasteiger partial charge in [-0.2, -0.15) is 0 Å². The molecular formula is C8H20N2O2. The third-order valence-corrected chi connectivity index (χ3v) is 0.971. The second kappa shape index (κ2) is 8.33. The van der Waals surface area contributed by atoms with Crippen LogP contribution in [0.15, 0.2) is 0 Å². The third kappa shape index (κ3) is 7.34. The van der Waals surface area contributed by atoms with E-state index in [1.807, 2.05) is 27.7 Å². The number of methoxy groups -OCH3 is 1. The number of ether oxygens (including phenoxy) is 1. The highest BCUT2D eigenvalue weighted by Gasteiger charge is 2.09. The van der Waals surface area contributed by atoms with E-state index in [4.69, 9.17) is 5.84 Å². The van der Waals surface area contributed by atoms with Gasteiger partial charge in [0.2, 0.25) is 0 Å². The van der Waals surface area contributed by atoms with E-state index < -0.39 is 6.09 Å². The molecule has 12 heavy (non-hydrogen) atoms. The van der Waals surface area contributed by atoms with E-state index in [0.29, 0.717) is 12.5 Å². The lowest BCUT2D eigenvalue weighted by Gasteiger charge is -2.16. The molecular weight excluding hydrogens is 156 g/mol. The third-order valence-electron chi connectivity index (χ3n) is 0.971. The number of hydrazine groups is 1. The predicted molar refractivity (Wildman–Crippen MR) is 49.5 cm³/mol. The normalized spacial score (nSPS) is 8.58. The standard InChI is InChI=1S/C6H14N2O2.C2H6/c1-5(2)4-8(7)6(9)10-3;1-2/h5H,4,7H2,1-3H3;1-2H3. The number of hydrogen-bond acceptors (Lipinski definition) is 3. The lowest BCUT2D eigenvalue weighted by molar-refractivity contribution is 0.119. The molecule has 0 saturated heterocycles. The van der Waals surface area contributed by atoms with Crippen LogP contribution >= 0.6 is 0 Å². The van der Waals surface area contributed by atoms with Crippen LogP contribution in [0.4, 0.5) is 4.79 Å². The average molecular weight is 176 g/mol. The summed E-state index contributed by atoms with van der Waals surface area (Å²) in [5.74, 6) is 5.65. The van der Waals surface area contributed by atoms with Gasteiger partial charge in [-0.3, -0.25) is 0 Å². The van der Waals surface area contributed by atoms with Crippen LogP contribution in [-0.4, -0.2) is 24.8 Å². The van der Waals surface area contributed by atoms with E-state index >= 15 is 0 Å². The van der Waals surface area contributed by atoms with Crippen molar-refractivity contribution in [3.8, 4) is 0 Å². The van der Waals surface area contributed by atoms with Crippen LogP contribution < -0.4 is 5.84 Å². The number of nitrogens with two attached hydrogens (primary N) is 1. The number of rotatable bonds is 2. The number of hydrogen-bond donors (Lipinski definition) is 1. The summed E-state index contributed by atoms with van der Waals surface area (Å²) in [6.07, 6.45) is -0.492. The second-order valence-corrected chi connectivity index (χ2v) is 2.52. The smallest absolute Gasteiger partial charge is 0.423 e. The molecule has 2 N–H and O–H groups in total. The molecule has 0 spiro atoms. The Morgan fingerprint density at radius 1 is 1.50 bits per heavy atom. The summed E-state index contributed by atoms with van der Waals surface area (Å²) in [7, 11) is 1.31. The van der Waals surface area contributed by atoms with Gasteiger partial charge in [0.05, 0.1) is 7.11 Å². The van der Waals surface area contributed by atoms with E-state index in [9.17, 15) is 4.79 Å². The number of carbonyl (C=O) groups excluding carboxylic acids is 1. The van der Waals surface area contributed by atoms with E-state index in [2.05, 4.69) is 4.74 Å². The van der Waals surface area contributed by atoms with Crippen LogP contribution in [0.1, 0.15) is 27.7 Å². The van der Waals surface area contributed by atoms with Gasteiger partial charge in [0.1, 0.15) is 0 Å². The van der Waals surface area contributed by atoms with Crippen molar-refractivity contribution in [1.29, 1.82) is 0 Å². The van der Waals surface area contributed by atoms with Gasteiger partial charge >= 0.3 is 6.09 Å². The first-order valence-corrected chi connectivity index (χ1v) is 4.18. The fraction of sp³-hybridized carbons (Fsp3) is 0.875. The van der Waals surface area contributed by atoms with Gasteiger partial charge in [0, 0.05) is 6.54 Å². The van der Waals surface area contributed by atoms with Gasteiger partial charge in [-0.25, -0.2) is 15.6 Å². The topological polar surface area (TPSA) is 55.6 Å². The Balaban J connectivity index is 0. The molecule has 0 radical (unpaired) electrons. The Bertz CT molecular complexity index is 116. The zero-order chi connectivity index (χ0) is 10.1. The summed E-state index contributed by atoms with van der Waals surface area (Å²) in [5.41, 5.74) is 0. The van der Waals surface area contributed by atoms with E-state index in [0.717, 1.165) is 5.01 Å². The van der Waals surface area contributed by atoms with Crippen LogP contribution in [0.25, 0.3) is 0 Å². The van der Waals surface area contributed by atoms with E-state index in [1.54, 1.807) is 0 Å². The Morgan fingerprint density at radius 2 is 1.92 bits per heavy atom. The molecule has 74 valence electrons. The minimum Gasteiger partial charge on any atom is -0.452 e. The molecule has 0 aromatic carbocycles. The Kier molecular flexibility index (Phi) is 9.57. The molecule has 0 fully saturated rings. The highest BCUT2D eigenvalue weighted by molar-refractivity contribution is 5.66. The predicted octanol–water partition coefficient (Wildman–Crippen LogP) is 1.61. The van der Waals surface area contributed by atoms with Crippen molar-refractivity contribution < 1.29 is 9.53 Å². The Labute approximate surface area is 74.6 Å². The quantitative estimate of drug-likeness (QED) is 0.395. The molecule has 0 atom stereocenters. The zero-order valence-corrected chi connectivity index (χ0v) is 8.63. The van der Waals surface area contributed by atoms with Crippen LogP contribution in [0.2, 0.25) is 0 Å². The lowest BCUT2D eigenvalue weighted by Crippen LogP contribution is -2.39. The number of carbonyl (C=O) groups is 1. The van der Waals surface area contributed by atoms with E-state index in [-0.39, 0.29) is 0 Å². The molecule has 4 heteroatoms. The van der Waals surface area contributed by atoms with Crippen LogP contribution in [0.3, 0.4) is 0 Å². The van der Waals surface area contributed by atoms with Gasteiger partial charge < -0.3 is 4.74 Å². The summed E-state index contributed by atoms with van der Waals surface area (Å²) < 4.78 is 4.37. The average Bonchev–Trinajstić information content (AvgIpc) is 2.05. The molecule has 0 aromatic heterocycles. The molecule has 0 aliphatic heterocycles.